The summed E-state index contributed by atoms with van der Waals surface area (Å²) in [5.74, 6) is -13.1. The molecule has 4 rings (SSSR count). The number of rotatable bonds is 3. The van der Waals surface area contributed by atoms with Crippen molar-refractivity contribution in [2.24, 2.45) is 0 Å². The minimum Gasteiger partial charge on any atom is -0.436 e. The molecule has 3 aromatic carbocycles. The largest absolute Gasteiger partial charge is 0.436 e. The van der Waals surface area contributed by atoms with E-state index in [-0.39, 0.29) is 22.4 Å². The summed E-state index contributed by atoms with van der Waals surface area (Å²) in [6, 6.07) is 9.06. The van der Waals surface area contributed by atoms with Gasteiger partial charge in [0.25, 0.3) is 5.91 Å². The highest BCUT2D eigenvalue weighted by Crippen LogP contribution is 2.33. The van der Waals surface area contributed by atoms with Gasteiger partial charge in [-0.3, -0.25) is 4.79 Å². The van der Waals surface area contributed by atoms with Crippen LogP contribution in [0.25, 0.3) is 22.6 Å². The Morgan fingerprint density at radius 2 is 1.47 bits per heavy atom. The number of carbonyl (C=O) groups excluding carboxylic acids is 1. The molecule has 30 heavy (non-hydrogen) atoms. The van der Waals surface area contributed by atoms with Crippen LogP contribution in [0, 0.1) is 34.9 Å². The fourth-order valence-corrected chi connectivity index (χ4v) is 2.75. The van der Waals surface area contributed by atoms with E-state index in [0.717, 1.165) is 6.07 Å². The van der Waals surface area contributed by atoms with Crippen molar-refractivity contribution < 1.29 is 35.6 Å². The van der Waals surface area contributed by atoms with Crippen LogP contribution >= 0.6 is 0 Å². The van der Waals surface area contributed by atoms with Gasteiger partial charge in [-0.1, -0.05) is 12.1 Å². The topological polar surface area (TPSA) is 55.1 Å². The lowest BCUT2D eigenvalue weighted by molar-refractivity contribution is 0.102. The molecule has 1 amide bonds. The monoisotopic (exact) mass is 422 g/mol. The van der Waals surface area contributed by atoms with Crippen LogP contribution in [-0.2, 0) is 0 Å². The fourth-order valence-electron chi connectivity index (χ4n) is 2.75. The zero-order valence-electron chi connectivity index (χ0n) is 14.6. The maximum atomic E-state index is 14.0. The van der Waals surface area contributed by atoms with Gasteiger partial charge in [-0.15, -0.1) is 0 Å². The second kappa shape index (κ2) is 7.21. The Labute approximate surface area is 163 Å². The highest BCUT2D eigenvalue weighted by molar-refractivity contribution is 6.05. The normalized spacial score (nSPS) is 11.1. The van der Waals surface area contributed by atoms with Gasteiger partial charge >= 0.3 is 0 Å². The number of hydrogen-bond donors (Lipinski definition) is 1. The molecule has 1 aromatic heterocycles. The zero-order chi connectivity index (χ0) is 21.6. The van der Waals surface area contributed by atoms with E-state index < -0.39 is 52.3 Å². The van der Waals surface area contributed by atoms with Crippen LogP contribution in [0.4, 0.5) is 32.0 Å². The minimum absolute atomic E-state index is 0.0414. The number of hydrogen-bond acceptors (Lipinski definition) is 3. The molecule has 152 valence electrons. The van der Waals surface area contributed by atoms with Crippen molar-refractivity contribution in [3.05, 3.63) is 82.9 Å². The molecule has 0 spiro atoms. The van der Waals surface area contributed by atoms with Gasteiger partial charge in [0.05, 0.1) is 5.56 Å². The molecule has 0 saturated carbocycles. The lowest BCUT2D eigenvalue weighted by Gasteiger charge is -2.05. The predicted molar refractivity (Wildman–Crippen MR) is 93.6 cm³/mol. The SMILES string of the molecule is O=C(Nc1ccc2oc(-c3c(F)c(F)c(F)c(F)c3F)nc2c1)c1ccccc1F. The summed E-state index contributed by atoms with van der Waals surface area (Å²) in [7, 11) is 0. The maximum Gasteiger partial charge on any atom is 0.258 e. The Balaban J connectivity index is 1.72. The number of amides is 1. The van der Waals surface area contributed by atoms with Crippen molar-refractivity contribution in [2.45, 2.75) is 0 Å². The third-order valence-electron chi connectivity index (χ3n) is 4.19. The van der Waals surface area contributed by atoms with Crippen molar-refractivity contribution in [3.63, 3.8) is 0 Å². The summed E-state index contributed by atoms with van der Waals surface area (Å²) in [5.41, 5.74) is -1.49. The van der Waals surface area contributed by atoms with E-state index >= 15 is 0 Å². The Kier molecular flexibility index (Phi) is 4.69. The Morgan fingerprint density at radius 3 is 2.13 bits per heavy atom. The van der Waals surface area contributed by atoms with Gasteiger partial charge in [0, 0.05) is 5.69 Å². The van der Waals surface area contributed by atoms with Gasteiger partial charge in [0.2, 0.25) is 11.7 Å². The highest BCUT2D eigenvalue weighted by Gasteiger charge is 2.29. The molecule has 10 heteroatoms. The summed E-state index contributed by atoms with van der Waals surface area (Å²) < 4.78 is 86.9. The van der Waals surface area contributed by atoms with E-state index in [0.29, 0.717) is 0 Å². The smallest absolute Gasteiger partial charge is 0.258 e. The first-order valence-electron chi connectivity index (χ1n) is 8.26. The third kappa shape index (κ3) is 3.15. The first-order valence-corrected chi connectivity index (χ1v) is 8.26. The van der Waals surface area contributed by atoms with Crippen LogP contribution in [0.2, 0.25) is 0 Å². The van der Waals surface area contributed by atoms with Crippen LogP contribution in [0.3, 0.4) is 0 Å². The average Bonchev–Trinajstić information content (AvgIpc) is 3.14. The Hall–Kier alpha value is -3.82. The molecule has 4 nitrogen and oxygen atoms in total. The minimum atomic E-state index is -2.30. The average molecular weight is 422 g/mol. The van der Waals surface area contributed by atoms with Crippen LogP contribution in [0.5, 0.6) is 0 Å². The summed E-state index contributed by atoms with van der Waals surface area (Å²) >= 11 is 0. The zero-order valence-corrected chi connectivity index (χ0v) is 14.6. The van der Waals surface area contributed by atoms with Gasteiger partial charge in [-0.05, 0) is 30.3 Å². The van der Waals surface area contributed by atoms with Gasteiger partial charge in [0.15, 0.2) is 28.9 Å². The van der Waals surface area contributed by atoms with E-state index in [1.807, 2.05) is 0 Å². The molecule has 0 radical (unpaired) electrons. The molecular formula is C20H8F6N2O2. The number of nitrogens with one attached hydrogen (secondary N) is 1. The van der Waals surface area contributed by atoms with Crippen LogP contribution in [0.1, 0.15) is 10.4 Å². The lowest BCUT2D eigenvalue weighted by atomic mass is 10.1. The van der Waals surface area contributed by atoms with E-state index in [2.05, 4.69) is 10.3 Å². The molecular weight excluding hydrogens is 414 g/mol. The summed E-state index contributed by atoms with van der Waals surface area (Å²) in [6.45, 7) is 0. The summed E-state index contributed by atoms with van der Waals surface area (Å²) in [6.07, 6.45) is 0. The number of fused-ring (bicyclic) bond motifs is 1. The van der Waals surface area contributed by atoms with E-state index in [9.17, 15) is 31.1 Å². The van der Waals surface area contributed by atoms with Crippen molar-refractivity contribution >= 4 is 22.7 Å². The molecule has 0 saturated heterocycles. The number of aromatic nitrogens is 1. The quantitative estimate of drug-likeness (QED) is 0.266. The third-order valence-corrected chi connectivity index (χ3v) is 4.19. The maximum absolute atomic E-state index is 14.0. The molecule has 1 heterocycles. The number of nitrogens with zero attached hydrogens (tertiary/aromatic N) is 1. The molecule has 0 aliphatic carbocycles. The van der Waals surface area contributed by atoms with E-state index in [1.165, 1.54) is 36.4 Å². The van der Waals surface area contributed by atoms with Gasteiger partial charge < -0.3 is 9.73 Å². The summed E-state index contributed by atoms with van der Waals surface area (Å²) in [5, 5.41) is 2.41. The molecule has 4 aromatic rings. The predicted octanol–water partition coefficient (Wildman–Crippen LogP) is 5.58. The lowest BCUT2D eigenvalue weighted by Crippen LogP contribution is -2.13. The van der Waals surface area contributed by atoms with Gasteiger partial charge in [-0.25, -0.2) is 31.3 Å². The van der Waals surface area contributed by atoms with Crippen molar-refractivity contribution in [2.75, 3.05) is 5.32 Å². The van der Waals surface area contributed by atoms with Crippen LogP contribution in [0.15, 0.2) is 46.9 Å². The number of benzene rings is 3. The summed E-state index contributed by atoms with van der Waals surface area (Å²) in [4.78, 5) is 15.9. The van der Waals surface area contributed by atoms with Crippen molar-refractivity contribution in [3.8, 4) is 11.5 Å². The van der Waals surface area contributed by atoms with E-state index in [1.54, 1.807) is 0 Å². The number of carbonyl (C=O) groups is 1. The van der Waals surface area contributed by atoms with Gasteiger partial charge in [-0.2, -0.15) is 0 Å². The number of halogens is 6. The Bertz CT molecular complexity index is 1290. The van der Waals surface area contributed by atoms with Gasteiger partial charge in [0.1, 0.15) is 16.9 Å². The molecule has 0 bridgehead atoms. The second-order valence-electron chi connectivity index (χ2n) is 6.08. The van der Waals surface area contributed by atoms with Crippen molar-refractivity contribution in [1.82, 2.24) is 4.98 Å². The molecule has 0 unspecified atom stereocenters. The van der Waals surface area contributed by atoms with E-state index in [4.69, 9.17) is 4.42 Å². The fraction of sp³-hybridized carbons (Fsp3) is 0. The molecule has 0 fully saturated rings. The number of oxazole rings is 1. The van der Waals surface area contributed by atoms with Crippen molar-refractivity contribution in [1.29, 1.82) is 0 Å². The molecule has 0 aliphatic rings. The molecule has 0 atom stereocenters. The Morgan fingerprint density at radius 1 is 0.833 bits per heavy atom. The first kappa shape index (κ1) is 19.5. The standard InChI is InChI=1S/C20H8F6N2O2/c21-10-4-2-1-3-9(10)19(29)27-8-5-6-12-11(7-8)28-20(30-12)13-14(22)16(24)18(26)17(25)15(13)23/h1-7H,(H,27,29). The number of anilines is 1. The molecule has 0 aliphatic heterocycles. The first-order chi connectivity index (χ1) is 14.3. The second-order valence-corrected chi connectivity index (χ2v) is 6.08. The van der Waals surface area contributed by atoms with Crippen LogP contribution < -0.4 is 5.32 Å². The molecule has 1 N–H and O–H groups in total. The van der Waals surface area contributed by atoms with Crippen LogP contribution in [-0.4, -0.2) is 10.9 Å². The highest BCUT2D eigenvalue weighted by atomic mass is 19.2.